The molecule has 0 heterocycles. The topological polar surface area (TPSA) is 35.2 Å². The predicted octanol–water partition coefficient (Wildman–Crippen LogP) is 2.59. The Labute approximate surface area is 85.1 Å². The zero-order valence-corrected chi connectivity index (χ0v) is 8.79. The average Bonchev–Trinajstić information content (AvgIpc) is 2.23. The van der Waals surface area contributed by atoms with Crippen LogP contribution >= 0.6 is 0 Å². The first-order valence-corrected chi connectivity index (χ1v) is 5.15. The van der Waals surface area contributed by atoms with Crippen LogP contribution in [0.25, 0.3) is 0 Å². The molecule has 0 fully saturated rings. The first kappa shape index (κ1) is 9.53. The predicted molar refractivity (Wildman–Crippen MR) is 57.6 cm³/mol. The summed E-state index contributed by atoms with van der Waals surface area (Å²) in [7, 11) is 1.69. The SMILES string of the molecule is COc1ccc2c(c1)[C@H](N)CCC2C. The number of hydrogen-bond donors (Lipinski definition) is 1. The van der Waals surface area contributed by atoms with Gasteiger partial charge in [-0.25, -0.2) is 0 Å². The van der Waals surface area contributed by atoms with E-state index in [2.05, 4.69) is 19.1 Å². The maximum atomic E-state index is 6.08. The lowest BCUT2D eigenvalue weighted by Crippen LogP contribution is -2.19. The summed E-state index contributed by atoms with van der Waals surface area (Å²) >= 11 is 0. The second-order valence-electron chi connectivity index (χ2n) is 4.08. The van der Waals surface area contributed by atoms with E-state index in [9.17, 15) is 0 Å². The van der Waals surface area contributed by atoms with E-state index in [1.54, 1.807) is 7.11 Å². The van der Waals surface area contributed by atoms with Gasteiger partial charge in [-0.05, 0) is 42.0 Å². The van der Waals surface area contributed by atoms with Crippen molar-refractivity contribution in [3.05, 3.63) is 29.3 Å². The minimum Gasteiger partial charge on any atom is -0.497 e. The van der Waals surface area contributed by atoms with Gasteiger partial charge in [-0.15, -0.1) is 0 Å². The van der Waals surface area contributed by atoms with Crippen molar-refractivity contribution in [1.29, 1.82) is 0 Å². The summed E-state index contributed by atoms with van der Waals surface area (Å²) in [5, 5.41) is 0. The van der Waals surface area contributed by atoms with Gasteiger partial charge in [0.1, 0.15) is 5.75 Å². The Morgan fingerprint density at radius 2 is 2.07 bits per heavy atom. The molecule has 0 saturated carbocycles. The highest BCUT2D eigenvalue weighted by molar-refractivity contribution is 5.40. The number of benzene rings is 1. The third kappa shape index (κ3) is 1.50. The van der Waals surface area contributed by atoms with Crippen molar-refractivity contribution in [3.8, 4) is 5.75 Å². The van der Waals surface area contributed by atoms with E-state index < -0.39 is 0 Å². The summed E-state index contributed by atoms with van der Waals surface area (Å²) in [6.07, 6.45) is 2.28. The van der Waals surface area contributed by atoms with Crippen LogP contribution < -0.4 is 10.5 Å². The van der Waals surface area contributed by atoms with Crippen LogP contribution in [0.4, 0.5) is 0 Å². The summed E-state index contributed by atoms with van der Waals surface area (Å²) in [6.45, 7) is 2.26. The molecular formula is C12H17NO. The number of hydrogen-bond acceptors (Lipinski definition) is 2. The summed E-state index contributed by atoms with van der Waals surface area (Å²) in [5.41, 5.74) is 8.74. The number of methoxy groups -OCH3 is 1. The molecule has 0 aromatic heterocycles. The molecule has 2 atom stereocenters. The molecular weight excluding hydrogens is 174 g/mol. The van der Waals surface area contributed by atoms with Gasteiger partial charge >= 0.3 is 0 Å². The van der Waals surface area contributed by atoms with Crippen molar-refractivity contribution in [1.82, 2.24) is 0 Å². The third-order valence-electron chi connectivity index (χ3n) is 3.14. The second-order valence-corrected chi connectivity index (χ2v) is 4.08. The molecule has 0 aliphatic heterocycles. The van der Waals surface area contributed by atoms with Gasteiger partial charge in [-0.3, -0.25) is 0 Å². The highest BCUT2D eigenvalue weighted by Crippen LogP contribution is 2.37. The standard InChI is InChI=1S/C12H17NO/c1-8-3-6-12(13)11-7-9(14-2)4-5-10(8)11/h4-5,7-8,12H,3,6,13H2,1-2H3/t8?,12-/m1/s1. The molecule has 0 saturated heterocycles. The quantitative estimate of drug-likeness (QED) is 0.740. The number of nitrogens with two attached hydrogens (primary N) is 1. The number of ether oxygens (including phenoxy) is 1. The van der Waals surface area contributed by atoms with Gasteiger partial charge in [0.15, 0.2) is 0 Å². The van der Waals surface area contributed by atoms with Crippen LogP contribution in [0.3, 0.4) is 0 Å². The van der Waals surface area contributed by atoms with Gasteiger partial charge in [0.05, 0.1) is 7.11 Å². The lowest BCUT2D eigenvalue weighted by atomic mass is 9.81. The molecule has 1 aliphatic carbocycles. The fourth-order valence-corrected chi connectivity index (χ4v) is 2.19. The Bertz CT molecular complexity index is 335. The fraction of sp³-hybridized carbons (Fsp3) is 0.500. The Balaban J connectivity index is 2.45. The zero-order chi connectivity index (χ0) is 10.1. The highest BCUT2D eigenvalue weighted by atomic mass is 16.5. The van der Waals surface area contributed by atoms with Crippen molar-refractivity contribution in [2.24, 2.45) is 5.73 Å². The minimum absolute atomic E-state index is 0.191. The first-order chi connectivity index (χ1) is 6.72. The number of rotatable bonds is 1. The average molecular weight is 191 g/mol. The van der Waals surface area contributed by atoms with Gasteiger partial charge < -0.3 is 10.5 Å². The molecule has 1 unspecified atom stereocenters. The normalized spacial score (nSPS) is 25.6. The molecule has 0 amide bonds. The van der Waals surface area contributed by atoms with E-state index in [1.165, 1.54) is 17.5 Å². The molecule has 14 heavy (non-hydrogen) atoms. The van der Waals surface area contributed by atoms with Crippen molar-refractivity contribution >= 4 is 0 Å². The molecule has 2 heteroatoms. The number of fused-ring (bicyclic) bond motifs is 1. The molecule has 2 N–H and O–H groups in total. The van der Waals surface area contributed by atoms with Crippen LogP contribution in [0.1, 0.15) is 42.9 Å². The van der Waals surface area contributed by atoms with Crippen LogP contribution in [-0.4, -0.2) is 7.11 Å². The molecule has 76 valence electrons. The van der Waals surface area contributed by atoms with Gasteiger partial charge in [-0.2, -0.15) is 0 Å². The zero-order valence-electron chi connectivity index (χ0n) is 8.79. The molecule has 1 aromatic rings. The smallest absolute Gasteiger partial charge is 0.119 e. The first-order valence-electron chi connectivity index (χ1n) is 5.15. The van der Waals surface area contributed by atoms with Crippen molar-refractivity contribution < 1.29 is 4.74 Å². The van der Waals surface area contributed by atoms with Crippen molar-refractivity contribution in [2.75, 3.05) is 7.11 Å². The van der Waals surface area contributed by atoms with Gasteiger partial charge in [0.2, 0.25) is 0 Å². The van der Waals surface area contributed by atoms with Crippen LogP contribution in [0.15, 0.2) is 18.2 Å². The monoisotopic (exact) mass is 191 g/mol. The second kappa shape index (κ2) is 3.62. The molecule has 2 nitrogen and oxygen atoms in total. The Hall–Kier alpha value is -1.02. The summed E-state index contributed by atoms with van der Waals surface area (Å²) in [6, 6.07) is 6.44. The third-order valence-corrected chi connectivity index (χ3v) is 3.14. The molecule has 1 aromatic carbocycles. The molecule has 2 rings (SSSR count). The maximum Gasteiger partial charge on any atom is 0.119 e. The molecule has 1 aliphatic rings. The van der Waals surface area contributed by atoms with Crippen molar-refractivity contribution in [2.45, 2.75) is 31.7 Å². The lowest BCUT2D eigenvalue weighted by Gasteiger charge is -2.27. The van der Waals surface area contributed by atoms with E-state index >= 15 is 0 Å². The van der Waals surface area contributed by atoms with Crippen LogP contribution in [0.5, 0.6) is 5.75 Å². The van der Waals surface area contributed by atoms with E-state index in [0.29, 0.717) is 5.92 Å². The van der Waals surface area contributed by atoms with Crippen LogP contribution in [0.2, 0.25) is 0 Å². The van der Waals surface area contributed by atoms with Gasteiger partial charge in [0, 0.05) is 6.04 Å². The molecule has 0 bridgehead atoms. The van der Waals surface area contributed by atoms with E-state index in [4.69, 9.17) is 10.5 Å². The largest absolute Gasteiger partial charge is 0.497 e. The van der Waals surface area contributed by atoms with Gasteiger partial charge in [-0.1, -0.05) is 13.0 Å². The van der Waals surface area contributed by atoms with Gasteiger partial charge in [0.25, 0.3) is 0 Å². The fourth-order valence-electron chi connectivity index (χ4n) is 2.19. The van der Waals surface area contributed by atoms with E-state index in [0.717, 1.165) is 12.2 Å². The minimum atomic E-state index is 0.191. The van der Waals surface area contributed by atoms with E-state index in [1.807, 2.05) is 6.07 Å². The maximum absolute atomic E-state index is 6.08. The van der Waals surface area contributed by atoms with Crippen LogP contribution in [0, 0.1) is 0 Å². The van der Waals surface area contributed by atoms with E-state index in [-0.39, 0.29) is 6.04 Å². The van der Waals surface area contributed by atoms with Crippen LogP contribution in [-0.2, 0) is 0 Å². The molecule has 0 radical (unpaired) electrons. The Kier molecular flexibility index (Phi) is 2.46. The highest BCUT2D eigenvalue weighted by Gasteiger charge is 2.22. The van der Waals surface area contributed by atoms with Crippen molar-refractivity contribution in [3.63, 3.8) is 0 Å². The summed E-state index contributed by atoms with van der Waals surface area (Å²) in [4.78, 5) is 0. The lowest BCUT2D eigenvalue weighted by molar-refractivity contribution is 0.411. The summed E-state index contributed by atoms with van der Waals surface area (Å²) in [5.74, 6) is 1.55. The Morgan fingerprint density at radius 3 is 2.79 bits per heavy atom. The summed E-state index contributed by atoms with van der Waals surface area (Å²) < 4.78 is 5.21. The Morgan fingerprint density at radius 1 is 1.29 bits per heavy atom. The molecule has 0 spiro atoms.